The lowest BCUT2D eigenvalue weighted by Crippen LogP contribution is -2.31. The summed E-state index contributed by atoms with van der Waals surface area (Å²) in [4.78, 5) is 0. The summed E-state index contributed by atoms with van der Waals surface area (Å²) in [6, 6.07) is 8.68. The van der Waals surface area contributed by atoms with Crippen LogP contribution in [0.2, 0.25) is 0 Å². The molecule has 1 unspecified atom stereocenters. The minimum Gasteiger partial charge on any atom is -0.308 e. The Balaban J connectivity index is 1.96. The van der Waals surface area contributed by atoms with Crippen molar-refractivity contribution in [1.82, 2.24) is 5.32 Å². The van der Waals surface area contributed by atoms with Gasteiger partial charge in [0.2, 0.25) is 0 Å². The van der Waals surface area contributed by atoms with E-state index < -0.39 is 9.84 Å². The molecule has 5 heteroatoms. The standard InChI is InChI=1S/C13H19NO2S2/c1-2-18(15,16)8-7-14-13-10-17-9-11-5-3-4-6-12(11)13/h3-6,13-14H,2,7-10H2,1H3. The first-order chi connectivity index (χ1) is 8.62. The normalized spacial score (nSPS) is 19.5. The molecular weight excluding hydrogens is 266 g/mol. The van der Waals surface area contributed by atoms with Crippen molar-refractivity contribution in [1.29, 1.82) is 0 Å². The fraction of sp³-hybridized carbons (Fsp3) is 0.538. The predicted octanol–water partition coefficient (Wildman–Crippen LogP) is 2.00. The Kier molecular flexibility index (Phi) is 4.70. The molecule has 2 rings (SSSR count). The van der Waals surface area contributed by atoms with E-state index in [4.69, 9.17) is 0 Å². The second kappa shape index (κ2) is 6.08. The van der Waals surface area contributed by atoms with Crippen LogP contribution in [0.1, 0.15) is 24.1 Å². The molecule has 1 heterocycles. The van der Waals surface area contributed by atoms with Crippen LogP contribution in [0.15, 0.2) is 24.3 Å². The third-order valence-electron chi connectivity index (χ3n) is 3.22. The van der Waals surface area contributed by atoms with Crippen molar-refractivity contribution in [2.24, 2.45) is 0 Å². The van der Waals surface area contributed by atoms with Crippen LogP contribution in [0, 0.1) is 0 Å². The number of hydrogen-bond acceptors (Lipinski definition) is 4. The molecule has 1 aromatic carbocycles. The highest BCUT2D eigenvalue weighted by Gasteiger charge is 2.19. The molecule has 1 atom stereocenters. The van der Waals surface area contributed by atoms with Gasteiger partial charge in [-0.1, -0.05) is 31.2 Å². The van der Waals surface area contributed by atoms with Gasteiger partial charge in [0.05, 0.1) is 5.75 Å². The van der Waals surface area contributed by atoms with Crippen LogP contribution in [0.25, 0.3) is 0 Å². The van der Waals surface area contributed by atoms with Gasteiger partial charge in [-0.3, -0.25) is 0 Å². The van der Waals surface area contributed by atoms with E-state index in [0.717, 1.165) is 11.5 Å². The number of sulfone groups is 1. The Morgan fingerprint density at radius 2 is 2.17 bits per heavy atom. The van der Waals surface area contributed by atoms with Crippen molar-refractivity contribution in [2.75, 3.05) is 23.8 Å². The zero-order valence-corrected chi connectivity index (χ0v) is 12.2. The minimum absolute atomic E-state index is 0.227. The minimum atomic E-state index is -2.87. The van der Waals surface area contributed by atoms with E-state index in [0.29, 0.717) is 6.54 Å². The Hall–Kier alpha value is -0.520. The number of hydrogen-bond donors (Lipinski definition) is 1. The smallest absolute Gasteiger partial charge is 0.151 e. The molecule has 1 aliphatic rings. The van der Waals surface area contributed by atoms with Crippen LogP contribution < -0.4 is 5.32 Å². The van der Waals surface area contributed by atoms with Gasteiger partial charge in [-0.25, -0.2) is 8.42 Å². The maximum absolute atomic E-state index is 11.4. The summed E-state index contributed by atoms with van der Waals surface area (Å²) in [6.07, 6.45) is 0. The fourth-order valence-corrected chi connectivity index (χ4v) is 3.94. The third-order valence-corrected chi connectivity index (χ3v) is 6.01. The maximum atomic E-state index is 11.4. The first-order valence-corrected chi connectivity index (χ1v) is 9.19. The molecule has 0 radical (unpaired) electrons. The molecule has 18 heavy (non-hydrogen) atoms. The van der Waals surface area contributed by atoms with Gasteiger partial charge in [-0.15, -0.1) is 0 Å². The Morgan fingerprint density at radius 3 is 2.94 bits per heavy atom. The first kappa shape index (κ1) is 13.9. The van der Waals surface area contributed by atoms with Gasteiger partial charge in [0.25, 0.3) is 0 Å². The van der Waals surface area contributed by atoms with Crippen molar-refractivity contribution in [3.8, 4) is 0 Å². The number of rotatable bonds is 5. The molecule has 0 spiro atoms. The van der Waals surface area contributed by atoms with E-state index >= 15 is 0 Å². The van der Waals surface area contributed by atoms with Gasteiger partial charge in [0.15, 0.2) is 9.84 Å². The maximum Gasteiger partial charge on any atom is 0.151 e. The first-order valence-electron chi connectivity index (χ1n) is 6.22. The quantitative estimate of drug-likeness (QED) is 0.899. The van der Waals surface area contributed by atoms with Gasteiger partial charge < -0.3 is 5.32 Å². The van der Waals surface area contributed by atoms with Gasteiger partial charge >= 0.3 is 0 Å². The van der Waals surface area contributed by atoms with E-state index in [2.05, 4.69) is 23.5 Å². The summed E-state index contributed by atoms with van der Waals surface area (Å²) in [6.45, 7) is 2.23. The molecule has 0 aliphatic carbocycles. The molecule has 1 aromatic rings. The molecule has 0 aromatic heterocycles. The lowest BCUT2D eigenvalue weighted by Gasteiger charge is -2.26. The molecule has 0 saturated carbocycles. The third kappa shape index (κ3) is 3.49. The molecule has 100 valence electrons. The van der Waals surface area contributed by atoms with E-state index in [-0.39, 0.29) is 17.5 Å². The molecular formula is C13H19NO2S2. The number of thioether (sulfide) groups is 1. The highest BCUT2D eigenvalue weighted by Crippen LogP contribution is 2.31. The van der Waals surface area contributed by atoms with Gasteiger partial charge in [0, 0.05) is 29.8 Å². The number of fused-ring (bicyclic) bond motifs is 1. The zero-order valence-electron chi connectivity index (χ0n) is 10.6. The topological polar surface area (TPSA) is 46.2 Å². The van der Waals surface area contributed by atoms with Crippen LogP contribution in [0.4, 0.5) is 0 Å². The second-order valence-corrected chi connectivity index (χ2v) is 7.96. The molecule has 0 bridgehead atoms. The van der Waals surface area contributed by atoms with Crippen molar-refractivity contribution >= 4 is 21.6 Å². The molecule has 1 N–H and O–H groups in total. The average molecular weight is 285 g/mol. The Labute approximate surface area is 113 Å². The molecule has 1 aliphatic heterocycles. The van der Waals surface area contributed by atoms with Crippen molar-refractivity contribution in [3.05, 3.63) is 35.4 Å². The molecule has 3 nitrogen and oxygen atoms in total. The molecule has 0 amide bonds. The SMILES string of the molecule is CCS(=O)(=O)CCNC1CSCc2ccccc21. The molecule has 0 saturated heterocycles. The van der Waals surface area contributed by atoms with E-state index in [1.54, 1.807) is 6.92 Å². The van der Waals surface area contributed by atoms with Crippen LogP contribution in [0.5, 0.6) is 0 Å². The monoisotopic (exact) mass is 285 g/mol. The van der Waals surface area contributed by atoms with Crippen LogP contribution in [-0.2, 0) is 15.6 Å². The zero-order chi connectivity index (χ0) is 13.0. The Morgan fingerprint density at radius 1 is 1.39 bits per heavy atom. The summed E-state index contributed by atoms with van der Waals surface area (Å²) >= 11 is 1.90. The van der Waals surface area contributed by atoms with Gasteiger partial charge in [-0.05, 0) is 11.1 Å². The van der Waals surface area contributed by atoms with Crippen LogP contribution in [0.3, 0.4) is 0 Å². The average Bonchev–Trinajstić information content (AvgIpc) is 2.39. The van der Waals surface area contributed by atoms with Gasteiger partial charge in [-0.2, -0.15) is 11.8 Å². The lowest BCUT2D eigenvalue weighted by molar-refractivity contribution is 0.573. The van der Waals surface area contributed by atoms with Crippen molar-refractivity contribution in [2.45, 2.75) is 18.7 Å². The predicted molar refractivity (Wildman–Crippen MR) is 77.7 cm³/mol. The molecule has 0 fully saturated rings. The number of benzene rings is 1. The fourth-order valence-electron chi connectivity index (χ4n) is 2.08. The lowest BCUT2D eigenvalue weighted by atomic mass is 10.0. The van der Waals surface area contributed by atoms with Crippen molar-refractivity contribution in [3.63, 3.8) is 0 Å². The summed E-state index contributed by atoms with van der Waals surface area (Å²) in [5.41, 5.74) is 2.69. The van der Waals surface area contributed by atoms with Crippen LogP contribution >= 0.6 is 11.8 Å². The van der Waals surface area contributed by atoms with E-state index in [1.165, 1.54) is 11.1 Å². The van der Waals surface area contributed by atoms with E-state index in [9.17, 15) is 8.42 Å². The highest BCUT2D eigenvalue weighted by atomic mass is 32.2. The highest BCUT2D eigenvalue weighted by molar-refractivity contribution is 7.98. The second-order valence-electron chi connectivity index (χ2n) is 4.46. The summed E-state index contributed by atoms with van der Waals surface area (Å²) < 4.78 is 22.9. The van der Waals surface area contributed by atoms with Crippen molar-refractivity contribution < 1.29 is 8.42 Å². The Bertz CT molecular complexity index is 499. The number of nitrogens with one attached hydrogen (secondary N) is 1. The van der Waals surface area contributed by atoms with E-state index in [1.807, 2.05) is 17.8 Å². The summed E-state index contributed by atoms with van der Waals surface area (Å²) in [5, 5.41) is 3.37. The van der Waals surface area contributed by atoms with Crippen LogP contribution in [-0.4, -0.2) is 32.2 Å². The van der Waals surface area contributed by atoms with Gasteiger partial charge in [0.1, 0.15) is 0 Å². The summed E-state index contributed by atoms with van der Waals surface area (Å²) in [7, 11) is -2.87. The largest absolute Gasteiger partial charge is 0.308 e. The summed E-state index contributed by atoms with van der Waals surface area (Å²) in [5.74, 6) is 2.53.